The number of aliphatic imine (C=N–C) groups is 1. The maximum absolute atomic E-state index is 11.2. The van der Waals surface area contributed by atoms with Gasteiger partial charge in [0.2, 0.25) is 0 Å². The average molecular weight is 476 g/mol. The first-order valence-corrected chi connectivity index (χ1v) is 9.07. The lowest BCUT2D eigenvalue weighted by Crippen LogP contribution is -2.42. The summed E-state index contributed by atoms with van der Waals surface area (Å²) in [6, 6.07) is 7.98. The number of nitrogens with one attached hydrogen (secondary N) is 3. The summed E-state index contributed by atoms with van der Waals surface area (Å²) in [6.07, 6.45) is 4.42. The number of carbonyl (C=O) groups is 1. The largest absolute Gasteiger partial charge is 0.453 e. The number of methoxy groups -OCH3 is 1. The maximum Gasteiger partial charge on any atom is 0.411 e. The van der Waals surface area contributed by atoms with Gasteiger partial charge in [-0.1, -0.05) is 38.3 Å². The molecule has 0 aromatic heterocycles. The summed E-state index contributed by atoms with van der Waals surface area (Å²) in [5, 5.41) is 9.37. The number of benzene rings is 1. The van der Waals surface area contributed by atoms with Crippen molar-refractivity contribution in [1.29, 1.82) is 0 Å². The van der Waals surface area contributed by atoms with Gasteiger partial charge in [0.25, 0.3) is 0 Å². The van der Waals surface area contributed by atoms with Gasteiger partial charge >= 0.3 is 6.09 Å². The molecule has 1 aromatic carbocycles. The molecule has 148 valence electrons. The van der Waals surface area contributed by atoms with Crippen LogP contribution in [0.25, 0.3) is 0 Å². The molecular formula is C19H33IN4O2. The highest BCUT2D eigenvalue weighted by molar-refractivity contribution is 14.0. The van der Waals surface area contributed by atoms with Gasteiger partial charge in [-0.05, 0) is 38.0 Å². The maximum atomic E-state index is 11.2. The molecular weight excluding hydrogens is 443 g/mol. The summed E-state index contributed by atoms with van der Waals surface area (Å²) in [7, 11) is 1.34. The topological polar surface area (TPSA) is 74.8 Å². The van der Waals surface area contributed by atoms with E-state index in [1.807, 2.05) is 24.3 Å². The third kappa shape index (κ3) is 10.5. The van der Waals surface area contributed by atoms with Crippen LogP contribution >= 0.6 is 24.0 Å². The van der Waals surface area contributed by atoms with E-state index in [1.165, 1.54) is 26.4 Å². The van der Waals surface area contributed by atoms with Crippen molar-refractivity contribution in [2.24, 2.45) is 4.99 Å². The highest BCUT2D eigenvalue weighted by Crippen LogP contribution is 2.11. The van der Waals surface area contributed by atoms with E-state index in [2.05, 4.69) is 46.5 Å². The molecule has 0 bridgehead atoms. The minimum atomic E-state index is -0.471. The molecule has 0 aliphatic carbocycles. The molecule has 0 saturated carbocycles. The SMILES string of the molecule is CCCCCC(C)NC(=NCc1ccc(NC(=O)OC)cc1)NCC.I. The van der Waals surface area contributed by atoms with Gasteiger partial charge in [0.05, 0.1) is 13.7 Å². The van der Waals surface area contributed by atoms with Crippen LogP contribution in [0.2, 0.25) is 0 Å². The van der Waals surface area contributed by atoms with E-state index < -0.39 is 6.09 Å². The van der Waals surface area contributed by atoms with Gasteiger partial charge in [-0.3, -0.25) is 5.32 Å². The van der Waals surface area contributed by atoms with Gasteiger partial charge in [-0.15, -0.1) is 24.0 Å². The Labute approximate surface area is 174 Å². The van der Waals surface area contributed by atoms with E-state index in [1.54, 1.807) is 0 Å². The Morgan fingerprint density at radius 2 is 1.88 bits per heavy atom. The third-order valence-corrected chi connectivity index (χ3v) is 3.77. The number of halogens is 1. The summed E-state index contributed by atoms with van der Waals surface area (Å²) in [4.78, 5) is 15.8. The molecule has 0 saturated heterocycles. The smallest absolute Gasteiger partial charge is 0.411 e. The Morgan fingerprint density at radius 3 is 2.46 bits per heavy atom. The van der Waals surface area contributed by atoms with Crippen molar-refractivity contribution in [1.82, 2.24) is 10.6 Å². The Kier molecular flexibility index (Phi) is 13.8. The third-order valence-electron chi connectivity index (χ3n) is 3.77. The van der Waals surface area contributed by atoms with Crippen LogP contribution < -0.4 is 16.0 Å². The zero-order valence-corrected chi connectivity index (χ0v) is 18.6. The normalized spacial score (nSPS) is 11.9. The van der Waals surface area contributed by atoms with Crippen molar-refractivity contribution < 1.29 is 9.53 Å². The average Bonchev–Trinajstić information content (AvgIpc) is 2.61. The zero-order valence-electron chi connectivity index (χ0n) is 16.3. The molecule has 26 heavy (non-hydrogen) atoms. The summed E-state index contributed by atoms with van der Waals surface area (Å²) in [5.74, 6) is 0.836. The lowest BCUT2D eigenvalue weighted by molar-refractivity contribution is 0.187. The number of hydrogen-bond acceptors (Lipinski definition) is 3. The second-order valence-corrected chi connectivity index (χ2v) is 6.05. The molecule has 1 unspecified atom stereocenters. The van der Waals surface area contributed by atoms with Crippen molar-refractivity contribution in [3.63, 3.8) is 0 Å². The van der Waals surface area contributed by atoms with Crippen molar-refractivity contribution in [3.05, 3.63) is 29.8 Å². The van der Waals surface area contributed by atoms with Crippen LogP contribution in [0, 0.1) is 0 Å². The Bertz CT molecular complexity index is 535. The molecule has 0 radical (unpaired) electrons. The molecule has 1 rings (SSSR count). The fourth-order valence-corrected chi connectivity index (χ4v) is 2.36. The Balaban J connectivity index is 0.00000625. The fourth-order valence-electron chi connectivity index (χ4n) is 2.36. The number of unbranched alkanes of at least 4 members (excludes halogenated alkanes) is 2. The monoisotopic (exact) mass is 476 g/mol. The minimum absolute atomic E-state index is 0. The van der Waals surface area contributed by atoms with Crippen molar-refractivity contribution in [2.75, 3.05) is 19.0 Å². The van der Waals surface area contributed by atoms with Gasteiger partial charge in [0.1, 0.15) is 0 Å². The number of anilines is 1. The first kappa shape index (κ1) is 24.5. The first-order valence-electron chi connectivity index (χ1n) is 9.07. The van der Waals surface area contributed by atoms with E-state index in [-0.39, 0.29) is 24.0 Å². The van der Waals surface area contributed by atoms with E-state index in [9.17, 15) is 4.79 Å². The molecule has 0 spiro atoms. The van der Waals surface area contributed by atoms with E-state index in [0.717, 1.165) is 24.5 Å². The zero-order chi connectivity index (χ0) is 18.5. The Hall–Kier alpha value is -1.51. The van der Waals surface area contributed by atoms with Gasteiger partial charge in [0.15, 0.2) is 5.96 Å². The molecule has 3 N–H and O–H groups in total. The van der Waals surface area contributed by atoms with E-state index in [0.29, 0.717) is 18.3 Å². The number of nitrogens with zero attached hydrogens (tertiary/aromatic N) is 1. The quantitative estimate of drug-likeness (QED) is 0.212. The molecule has 0 fully saturated rings. The highest BCUT2D eigenvalue weighted by atomic mass is 127. The second-order valence-electron chi connectivity index (χ2n) is 6.05. The minimum Gasteiger partial charge on any atom is -0.453 e. The van der Waals surface area contributed by atoms with Crippen LogP contribution in [0.3, 0.4) is 0 Å². The summed E-state index contributed by atoms with van der Waals surface area (Å²) in [5.41, 5.74) is 1.78. The number of amides is 1. The first-order chi connectivity index (χ1) is 12.1. The molecule has 0 aliphatic heterocycles. The lowest BCUT2D eigenvalue weighted by Gasteiger charge is -2.17. The van der Waals surface area contributed by atoms with E-state index in [4.69, 9.17) is 0 Å². The fraction of sp³-hybridized carbons (Fsp3) is 0.579. The van der Waals surface area contributed by atoms with Gasteiger partial charge in [0, 0.05) is 18.3 Å². The number of ether oxygens (including phenoxy) is 1. The standard InChI is InChI=1S/C19H32N4O2.HI/c1-5-7-8-9-15(3)22-18(20-6-2)21-14-16-10-12-17(13-11-16)23-19(24)25-4;/h10-13,15H,5-9,14H2,1-4H3,(H,23,24)(H2,20,21,22);1H. The highest BCUT2D eigenvalue weighted by Gasteiger charge is 2.05. The van der Waals surface area contributed by atoms with Crippen molar-refractivity contribution in [2.45, 2.75) is 59.0 Å². The molecule has 6 nitrogen and oxygen atoms in total. The number of guanidine groups is 1. The predicted molar refractivity (Wildman–Crippen MR) is 119 cm³/mol. The van der Waals surface area contributed by atoms with Gasteiger partial charge in [-0.2, -0.15) is 0 Å². The van der Waals surface area contributed by atoms with Crippen LogP contribution in [0.4, 0.5) is 10.5 Å². The van der Waals surface area contributed by atoms with Crippen molar-refractivity contribution in [3.8, 4) is 0 Å². The number of rotatable bonds is 9. The van der Waals surface area contributed by atoms with Crippen LogP contribution in [0.5, 0.6) is 0 Å². The van der Waals surface area contributed by atoms with Crippen LogP contribution in [-0.2, 0) is 11.3 Å². The molecule has 1 atom stereocenters. The number of carbonyl (C=O) groups excluding carboxylic acids is 1. The van der Waals surface area contributed by atoms with Crippen LogP contribution in [0.1, 0.15) is 52.0 Å². The molecule has 1 amide bonds. The summed E-state index contributed by atoms with van der Waals surface area (Å²) >= 11 is 0. The second kappa shape index (κ2) is 14.6. The van der Waals surface area contributed by atoms with Gasteiger partial charge in [-0.25, -0.2) is 9.79 Å². The van der Waals surface area contributed by atoms with Crippen LogP contribution in [-0.4, -0.2) is 31.7 Å². The predicted octanol–water partition coefficient (Wildman–Crippen LogP) is 4.51. The Morgan fingerprint density at radius 1 is 1.19 bits per heavy atom. The molecule has 7 heteroatoms. The van der Waals surface area contributed by atoms with Gasteiger partial charge < -0.3 is 15.4 Å². The lowest BCUT2D eigenvalue weighted by atomic mass is 10.1. The van der Waals surface area contributed by atoms with Crippen LogP contribution in [0.15, 0.2) is 29.3 Å². The molecule has 0 aliphatic rings. The summed E-state index contributed by atoms with van der Waals surface area (Å²) in [6.45, 7) is 7.88. The summed E-state index contributed by atoms with van der Waals surface area (Å²) < 4.78 is 4.57. The van der Waals surface area contributed by atoms with E-state index >= 15 is 0 Å². The van der Waals surface area contributed by atoms with Crippen molar-refractivity contribution >= 4 is 41.7 Å². The number of hydrogen-bond donors (Lipinski definition) is 3. The molecule has 0 heterocycles. The molecule has 1 aromatic rings.